The Morgan fingerprint density at radius 1 is 1.50 bits per heavy atom. The summed E-state index contributed by atoms with van der Waals surface area (Å²) in [4.78, 5) is 49.6. The van der Waals surface area contributed by atoms with E-state index < -0.39 is 34.6 Å². The molecule has 1 saturated heterocycles. The van der Waals surface area contributed by atoms with Crippen LogP contribution in [0, 0.1) is 5.41 Å². The predicted octanol–water partition coefficient (Wildman–Crippen LogP) is -1.72. The van der Waals surface area contributed by atoms with Crippen molar-refractivity contribution in [2.45, 2.75) is 13.0 Å². The minimum atomic E-state index is -1.26. The quantitative estimate of drug-likeness (QED) is 0.520. The van der Waals surface area contributed by atoms with Crippen LogP contribution in [0.25, 0.3) is 0 Å². The number of aromatic nitrogens is 2. The van der Waals surface area contributed by atoms with Crippen LogP contribution in [0.1, 0.15) is 17.3 Å². The number of ether oxygens (including phenoxy) is 1. The largest absolute Gasteiger partial charge is 0.481 e. The van der Waals surface area contributed by atoms with Crippen molar-refractivity contribution in [3.8, 4) is 0 Å². The van der Waals surface area contributed by atoms with Crippen LogP contribution >= 0.6 is 0 Å². The molecule has 0 spiro atoms. The maximum atomic E-state index is 11.9. The molecule has 0 aliphatic carbocycles. The highest BCUT2D eigenvalue weighted by Crippen LogP contribution is 2.28. The molecule has 1 aromatic rings. The van der Waals surface area contributed by atoms with Gasteiger partial charge in [-0.15, -0.1) is 0 Å². The number of H-pyrrole nitrogens is 2. The van der Waals surface area contributed by atoms with E-state index in [1.165, 1.54) is 6.92 Å². The number of carbonyl (C=O) groups excluding carboxylic acids is 1. The summed E-state index contributed by atoms with van der Waals surface area (Å²) < 4.78 is 5.08. The molecule has 2 unspecified atom stereocenters. The van der Waals surface area contributed by atoms with Crippen molar-refractivity contribution >= 4 is 11.9 Å². The SMILES string of the molecule is CC1(C(=O)O)COCC1NC(=O)c1c[nH]c(=O)[nH]c1=O. The molecule has 2 atom stereocenters. The predicted molar refractivity (Wildman–Crippen MR) is 65.5 cm³/mol. The molecule has 0 bridgehead atoms. The molecule has 108 valence electrons. The van der Waals surface area contributed by atoms with E-state index in [0.29, 0.717) is 0 Å². The smallest absolute Gasteiger partial charge is 0.325 e. The molecule has 1 amide bonds. The van der Waals surface area contributed by atoms with Crippen LogP contribution in [0.3, 0.4) is 0 Å². The van der Waals surface area contributed by atoms with Gasteiger partial charge in [0.15, 0.2) is 0 Å². The lowest BCUT2D eigenvalue weighted by Gasteiger charge is -2.25. The molecule has 2 heterocycles. The lowest BCUT2D eigenvalue weighted by molar-refractivity contribution is -0.148. The van der Waals surface area contributed by atoms with Gasteiger partial charge >= 0.3 is 11.7 Å². The van der Waals surface area contributed by atoms with Crippen molar-refractivity contribution in [3.63, 3.8) is 0 Å². The first kappa shape index (κ1) is 14.0. The second-order valence-electron chi connectivity index (χ2n) is 4.75. The molecule has 4 N–H and O–H groups in total. The summed E-state index contributed by atoms with van der Waals surface area (Å²) >= 11 is 0. The Balaban J connectivity index is 2.22. The summed E-state index contributed by atoms with van der Waals surface area (Å²) in [7, 11) is 0. The molecular formula is C11H13N3O6. The van der Waals surface area contributed by atoms with E-state index in [1.807, 2.05) is 4.98 Å². The highest BCUT2D eigenvalue weighted by molar-refractivity contribution is 5.94. The lowest BCUT2D eigenvalue weighted by atomic mass is 9.85. The van der Waals surface area contributed by atoms with E-state index >= 15 is 0 Å². The van der Waals surface area contributed by atoms with Crippen LogP contribution in [0.4, 0.5) is 0 Å². The maximum Gasteiger partial charge on any atom is 0.325 e. The van der Waals surface area contributed by atoms with Gasteiger partial charge in [-0.25, -0.2) is 4.79 Å². The van der Waals surface area contributed by atoms with Crippen LogP contribution in [-0.4, -0.2) is 46.2 Å². The number of amides is 1. The van der Waals surface area contributed by atoms with Gasteiger partial charge in [0.25, 0.3) is 11.5 Å². The number of aromatic amines is 2. The fourth-order valence-corrected chi connectivity index (χ4v) is 1.90. The second kappa shape index (κ2) is 4.93. The van der Waals surface area contributed by atoms with Crippen LogP contribution in [0.15, 0.2) is 15.8 Å². The number of hydrogen-bond acceptors (Lipinski definition) is 5. The van der Waals surface area contributed by atoms with Crippen LogP contribution in [-0.2, 0) is 9.53 Å². The highest BCUT2D eigenvalue weighted by Gasteiger charge is 2.47. The lowest BCUT2D eigenvalue weighted by Crippen LogP contribution is -2.50. The zero-order chi connectivity index (χ0) is 14.9. The Kier molecular flexibility index (Phi) is 3.45. The number of aliphatic carboxylic acids is 1. The van der Waals surface area contributed by atoms with Gasteiger partial charge in [0.2, 0.25) is 0 Å². The molecule has 0 aromatic carbocycles. The molecule has 0 radical (unpaired) electrons. The topological polar surface area (TPSA) is 141 Å². The zero-order valence-electron chi connectivity index (χ0n) is 10.6. The van der Waals surface area contributed by atoms with Crippen molar-refractivity contribution < 1.29 is 19.4 Å². The first-order chi connectivity index (χ1) is 9.34. The Morgan fingerprint density at radius 2 is 2.20 bits per heavy atom. The minimum absolute atomic E-state index is 0.0325. The summed E-state index contributed by atoms with van der Waals surface area (Å²) in [6, 6.07) is -0.765. The fraction of sp³-hybridized carbons (Fsp3) is 0.455. The second-order valence-corrected chi connectivity index (χ2v) is 4.75. The van der Waals surface area contributed by atoms with Gasteiger partial charge in [-0.1, -0.05) is 0 Å². The van der Waals surface area contributed by atoms with Crippen molar-refractivity contribution in [2.75, 3.05) is 13.2 Å². The molecule has 1 aliphatic rings. The van der Waals surface area contributed by atoms with Crippen LogP contribution < -0.4 is 16.6 Å². The van der Waals surface area contributed by atoms with Gasteiger partial charge in [-0.05, 0) is 6.92 Å². The van der Waals surface area contributed by atoms with Crippen LogP contribution in [0.2, 0.25) is 0 Å². The number of rotatable bonds is 3. The van der Waals surface area contributed by atoms with Gasteiger partial charge in [0, 0.05) is 6.20 Å². The van der Waals surface area contributed by atoms with E-state index in [2.05, 4.69) is 10.3 Å². The number of hydrogen-bond donors (Lipinski definition) is 4. The van der Waals surface area contributed by atoms with Crippen molar-refractivity contribution in [1.82, 2.24) is 15.3 Å². The minimum Gasteiger partial charge on any atom is -0.481 e. The summed E-state index contributed by atoms with van der Waals surface area (Å²) in [6.45, 7) is 1.45. The van der Waals surface area contributed by atoms with E-state index in [9.17, 15) is 24.3 Å². The van der Waals surface area contributed by atoms with Gasteiger partial charge in [-0.2, -0.15) is 0 Å². The molecule has 1 fully saturated rings. The average molecular weight is 283 g/mol. The first-order valence-electron chi connectivity index (χ1n) is 5.78. The van der Waals surface area contributed by atoms with E-state index in [0.717, 1.165) is 6.20 Å². The fourth-order valence-electron chi connectivity index (χ4n) is 1.90. The molecule has 1 aliphatic heterocycles. The van der Waals surface area contributed by atoms with Crippen molar-refractivity contribution in [1.29, 1.82) is 0 Å². The van der Waals surface area contributed by atoms with Crippen molar-refractivity contribution in [2.24, 2.45) is 5.41 Å². The van der Waals surface area contributed by atoms with Gasteiger partial charge in [0.05, 0.1) is 19.3 Å². The summed E-state index contributed by atoms with van der Waals surface area (Å²) in [5, 5.41) is 11.6. The summed E-state index contributed by atoms with van der Waals surface area (Å²) in [6.07, 6.45) is 0.977. The number of carbonyl (C=O) groups is 2. The molecule has 9 heteroatoms. The maximum absolute atomic E-state index is 11.9. The van der Waals surface area contributed by atoms with Crippen LogP contribution in [0.5, 0.6) is 0 Å². The van der Waals surface area contributed by atoms with Gasteiger partial charge in [-0.3, -0.25) is 19.4 Å². The number of carboxylic acids is 1. The summed E-state index contributed by atoms with van der Waals surface area (Å²) in [5.74, 6) is -1.87. The molecule has 2 rings (SSSR count). The average Bonchev–Trinajstić information content (AvgIpc) is 2.72. The standard InChI is InChI=1S/C11H13N3O6/c1-11(9(17)18)4-20-3-6(11)13-7(15)5-2-12-10(19)14-8(5)16/h2,6H,3-4H2,1H3,(H,13,15)(H,17,18)(H2,12,14,16,19). The molecule has 0 saturated carbocycles. The zero-order valence-corrected chi connectivity index (χ0v) is 10.6. The third kappa shape index (κ3) is 2.35. The van der Waals surface area contributed by atoms with E-state index in [4.69, 9.17) is 4.74 Å². The Hall–Kier alpha value is -2.42. The van der Waals surface area contributed by atoms with Gasteiger partial charge in [0.1, 0.15) is 11.0 Å². The Morgan fingerprint density at radius 3 is 2.80 bits per heavy atom. The normalized spacial score (nSPS) is 25.4. The molecular weight excluding hydrogens is 270 g/mol. The number of nitrogens with one attached hydrogen (secondary N) is 3. The van der Waals surface area contributed by atoms with E-state index in [1.54, 1.807) is 0 Å². The Bertz CT molecular complexity index is 663. The Labute approximate surface area is 112 Å². The molecule has 1 aromatic heterocycles. The monoisotopic (exact) mass is 283 g/mol. The molecule has 9 nitrogen and oxygen atoms in total. The third-order valence-electron chi connectivity index (χ3n) is 3.31. The van der Waals surface area contributed by atoms with E-state index in [-0.39, 0.29) is 18.8 Å². The highest BCUT2D eigenvalue weighted by atomic mass is 16.5. The molecule has 20 heavy (non-hydrogen) atoms. The number of carboxylic acid groups (broad SMARTS) is 1. The first-order valence-corrected chi connectivity index (χ1v) is 5.78. The third-order valence-corrected chi connectivity index (χ3v) is 3.31. The van der Waals surface area contributed by atoms with Gasteiger partial charge < -0.3 is 20.1 Å². The van der Waals surface area contributed by atoms with Crippen molar-refractivity contribution in [3.05, 3.63) is 32.6 Å². The summed E-state index contributed by atoms with van der Waals surface area (Å²) in [5.41, 5.74) is -3.14.